The Labute approximate surface area is 145 Å². The molecule has 3 aromatic carbocycles. The summed E-state index contributed by atoms with van der Waals surface area (Å²) in [4.78, 5) is 3.87. The van der Waals surface area contributed by atoms with E-state index in [4.69, 9.17) is 0 Å². The van der Waals surface area contributed by atoms with E-state index in [0.717, 1.165) is 15.4 Å². The molecule has 1 nitrogen and oxygen atoms in total. The zero-order valence-corrected chi connectivity index (χ0v) is 15.0. The Morgan fingerprint density at radius 2 is 1.26 bits per heavy atom. The third-order valence-corrected chi connectivity index (χ3v) is 6.93. The molecule has 0 aliphatic carbocycles. The molecule has 0 spiro atoms. The van der Waals surface area contributed by atoms with Gasteiger partial charge in [0.05, 0.1) is 0 Å². The predicted molar refractivity (Wildman–Crippen MR) is 99.1 cm³/mol. The molecule has 3 aromatic rings. The van der Waals surface area contributed by atoms with E-state index in [0.29, 0.717) is 0 Å². The molecule has 0 heterocycles. The van der Waals surface area contributed by atoms with Crippen LogP contribution in [-0.4, -0.2) is 19.2 Å². The molecular weight excluding hydrogens is 367 g/mol. The van der Waals surface area contributed by atoms with Crippen molar-refractivity contribution in [3.05, 3.63) is 102 Å². The molecule has 1 unspecified atom stereocenters. The summed E-state index contributed by atoms with van der Waals surface area (Å²) in [5.41, 5.74) is 1.02. The summed E-state index contributed by atoms with van der Waals surface area (Å²) < 4.78 is 14.3. The Bertz CT molecular complexity index is 799. The van der Waals surface area contributed by atoms with E-state index in [2.05, 4.69) is 17.1 Å². The van der Waals surface area contributed by atoms with Gasteiger partial charge < -0.3 is 0 Å². The molecule has 0 aliphatic rings. The molecule has 0 aliphatic heterocycles. The fourth-order valence-electron chi connectivity index (χ4n) is 2.11. The number of hydrogen-bond acceptors (Lipinski definition) is 1. The van der Waals surface area contributed by atoms with Gasteiger partial charge in [-0.05, 0) is 0 Å². The standard InChI is InChI=1S/C20H16OSSe/c21-22(18-12-6-2-7-13-18)20(17-10-4-1-5-11-17)16-23-19-14-8-3-9-15-19/h1-16H/b20-16+. The van der Waals surface area contributed by atoms with Crippen LogP contribution in [0.3, 0.4) is 0 Å². The number of benzene rings is 3. The fourth-order valence-corrected chi connectivity index (χ4v) is 5.46. The van der Waals surface area contributed by atoms with E-state index in [1.807, 2.05) is 78.9 Å². The van der Waals surface area contributed by atoms with Crippen LogP contribution >= 0.6 is 0 Å². The van der Waals surface area contributed by atoms with Crippen LogP contribution in [0.25, 0.3) is 4.91 Å². The molecular formula is C20H16OSSe. The molecule has 0 radical (unpaired) electrons. The van der Waals surface area contributed by atoms with Gasteiger partial charge in [0.2, 0.25) is 0 Å². The van der Waals surface area contributed by atoms with Gasteiger partial charge in [-0.25, -0.2) is 0 Å². The van der Waals surface area contributed by atoms with E-state index in [1.165, 1.54) is 4.46 Å². The Hall–Kier alpha value is -1.93. The van der Waals surface area contributed by atoms with Crippen LogP contribution in [0.4, 0.5) is 0 Å². The number of hydrogen-bond donors (Lipinski definition) is 0. The Kier molecular flexibility index (Phi) is 5.60. The minimum atomic E-state index is -1.17. The van der Waals surface area contributed by atoms with Crippen LogP contribution < -0.4 is 4.46 Å². The third kappa shape index (κ3) is 4.29. The van der Waals surface area contributed by atoms with Crippen LogP contribution in [-0.2, 0) is 10.8 Å². The molecule has 114 valence electrons. The van der Waals surface area contributed by atoms with Crippen LogP contribution in [0.5, 0.6) is 0 Å². The molecule has 0 saturated carbocycles. The van der Waals surface area contributed by atoms with Gasteiger partial charge in [-0.3, -0.25) is 0 Å². The van der Waals surface area contributed by atoms with Gasteiger partial charge in [0.15, 0.2) is 0 Å². The first-order chi connectivity index (χ1) is 11.3. The monoisotopic (exact) mass is 384 g/mol. The topological polar surface area (TPSA) is 17.1 Å². The van der Waals surface area contributed by atoms with Crippen molar-refractivity contribution in [3.8, 4) is 0 Å². The average Bonchev–Trinajstić information content (AvgIpc) is 2.64. The molecule has 23 heavy (non-hydrogen) atoms. The normalized spacial score (nSPS) is 12.8. The van der Waals surface area contributed by atoms with Gasteiger partial charge in [0.1, 0.15) is 0 Å². The van der Waals surface area contributed by atoms with Gasteiger partial charge >= 0.3 is 146 Å². The minimum absolute atomic E-state index is 0.150. The van der Waals surface area contributed by atoms with E-state index in [-0.39, 0.29) is 15.0 Å². The third-order valence-electron chi connectivity index (χ3n) is 3.26. The van der Waals surface area contributed by atoms with Gasteiger partial charge in [0, 0.05) is 0 Å². The molecule has 1 atom stereocenters. The Balaban J connectivity index is 1.96. The van der Waals surface area contributed by atoms with Crippen molar-refractivity contribution in [2.75, 3.05) is 0 Å². The van der Waals surface area contributed by atoms with Crippen molar-refractivity contribution in [2.24, 2.45) is 0 Å². The van der Waals surface area contributed by atoms with Crippen molar-refractivity contribution in [3.63, 3.8) is 0 Å². The van der Waals surface area contributed by atoms with E-state index < -0.39 is 10.8 Å². The van der Waals surface area contributed by atoms with Crippen LogP contribution in [0.15, 0.2) is 101 Å². The van der Waals surface area contributed by atoms with E-state index in [1.54, 1.807) is 0 Å². The quantitative estimate of drug-likeness (QED) is 0.612. The SMILES string of the molecule is O=S(/C(=C/[Se]c1ccccc1)c1ccccc1)c1ccccc1. The zero-order chi connectivity index (χ0) is 15.9. The van der Waals surface area contributed by atoms with Crippen LogP contribution in [0, 0.1) is 0 Å². The van der Waals surface area contributed by atoms with Crippen molar-refractivity contribution >= 4 is 35.1 Å². The van der Waals surface area contributed by atoms with Gasteiger partial charge in [-0.2, -0.15) is 0 Å². The fraction of sp³-hybridized carbons (Fsp3) is 0. The van der Waals surface area contributed by atoms with Crippen LogP contribution in [0.2, 0.25) is 0 Å². The van der Waals surface area contributed by atoms with Crippen LogP contribution in [0.1, 0.15) is 5.56 Å². The summed E-state index contributed by atoms with van der Waals surface area (Å²) in [6.07, 6.45) is 0. The molecule has 3 heteroatoms. The predicted octanol–water partition coefficient (Wildman–Crippen LogP) is 3.82. The summed E-state index contributed by atoms with van der Waals surface area (Å²) in [5, 5.41) is 0. The number of rotatable bonds is 5. The second-order valence-corrected chi connectivity index (χ2v) is 8.29. The first-order valence-corrected chi connectivity index (χ1v) is 10.3. The molecule has 0 saturated heterocycles. The van der Waals surface area contributed by atoms with Gasteiger partial charge in [-0.15, -0.1) is 0 Å². The summed E-state index contributed by atoms with van der Waals surface area (Å²) in [6, 6.07) is 30.0. The first kappa shape index (κ1) is 15.9. The average molecular weight is 383 g/mol. The van der Waals surface area contributed by atoms with Crippen molar-refractivity contribution < 1.29 is 4.21 Å². The summed E-state index contributed by atoms with van der Waals surface area (Å²) in [6.45, 7) is 0. The van der Waals surface area contributed by atoms with E-state index in [9.17, 15) is 4.21 Å². The molecule has 0 fully saturated rings. The first-order valence-electron chi connectivity index (χ1n) is 7.29. The summed E-state index contributed by atoms with van der Waals surface area (Å²) in [5.74, 6) is 0. The van der Waals surface area contributed by atoms with Gasteiger partial charge in [0.25, 0.3) is 0 Å². The molecule has 0 bridgehead atoms. The molecule has 0 N–H and O–H groups in total. The van der Waals surface area contributed by atoms with E-state index >= 15 is 0 Å². The Morgan fingerprint density at radius 3 is 1.87 bits per heavy atom. The van der Waals surface area contributed by atoms with Gasteiger partial charge in [-0.1, -0.05) is 0 Å². The second-order valence-electron chi connectivity index (χ2n) is 4.86. The maximum absolute atomic E-state index is 13.0. The van der Waals surface area contributed by atoms with Crippen molar-refractivity contribution in [1.82, 2.24) is 0 Å². The zero-order valence-electron chi connectivity index (χ0n) is 12.5. The summed E-state index contributed by atoms with van der Waals surface area (Å²) >= 11 is 0.150. The van der Waals surface area contributed by atoms with Crippen molar-refractivity contribution in [2.45, 2.75) is 4.90 Å². The maximum atomic E-state index is 13.0. The Morgan fingerprint density at radius 1 is 0.739 bits per heavy atom. The molecule has 0 amide bonds. The summed E-state index contributed by atoms with van der Waals surface area (Å²) in [7, 11) is -1.17. The molecule has 0 aromatic heterocycles. The molecule has 3 rings (SSSR count). The van der Waals surface area contributed by atoms with Crippen molar-refractivity contribution in [1.29, 1.82) is 0 Å². The second kappa shape index (κ2) is 8.07.